The lowest BCUT2D eigenvalue weighted by Gasteiger charge is -2.16. The van der Waals surface area contributed by atoms with Gasteiger partial charge < -0.3 is 10.2 Å². The van der Waals surface area contributed by atoms with Gasteiger partial charge >= 0.3 is 0 Å². The number of hydrogen-bond acceptors (Lipinski definition) is 5. The third kappa shape index (κ3) is 3.61. The van der Waals surface area contributed by atoms with Crippen molar-refractivity contribution in [2.45, 2.75) is 44.7 Å². The number of nitrogens with one attached hydrogen (secondary N) is 2. The number of amides is 2. The second kappa shape index (κ2) is 6.81. The summed E-state index contributed by atoms with van der Waals surface area (Å²) in [6, 6.07) is 1.91. The number of H-pyrrole nitrogens is 1. The number of carbonyl (C=O) groups excluding carboxylic acids is 2. The summed E-state index contributed by atoms with van der Waals surface area (Å²) in [6.07, 6.45) is 5.07. The van der Waals surface area contributed by atoms with Gasteiger partial charge in [-0.15, -0.1) is 0 Å². The summed E-state index contributed by atoms with van der Waals surface area (Å²) in [4.78, 5) is 28.4. The van der Waals surface area contributed by atoms with Crippen LogP contribution in [0.25, 0.3) is 0 Å². The maximum atomic E-state index is 11.9. The van der Waals surface area contributed by atoms with Gasteiger partial charge in [0.05, 0.1) is 5.69 Å². The predicted molar refractivity (Wildman–Crippen MR) is 86.6 cm³/mol. The summed E-state index contributed by atoms with van der Waals surface area (Å²) < 4.78 is 1.83. The van der Waals surface area contributed by atoms with Crippen LogP contribution in [0.4, 0.5) is 5.82 Å². The molecule has 0 spiro atoms. The van der Waals surface area contributed by atoms with E-state index >= 15 is 0 Å². The van der Waals surface area contributed by atoms with E-state index in [1.54, 1.807) is 7.05 Å². The highest BCUT2D eigenvalue weighted by Gasteiger charge is 2.28. The Hall–Kier alpha value is -2.71. The van der Waals surface area contributed by atoms with Crippen molar-refractivity contribution in [3.05, 3.63) is 23.9 Å². The average molecular weight is 331 g/mol. The molecule has 1 fully saturated rings. The normalized spacial score (nSPS) is 15.1. The van der Waals surface area contributed by atoms with E-state index in [0.717, 1.165) is 30.8 Å². The Morgan fingerprint density at radius 1 is 1.58 bits per heavy atom. The Labute approximate surface area is 139 Å². The lowest BCUT2D eigenvalue weighted by Crippen LogP contribution is -2.34. The first-order valence-electron chi connectivity index (χ1n) is 8.00. The molecule has 0 aliphatic heterocycles. The summed E-state index contributed by atoms with van der Waals surface area (Å²) in [5.74, 6) is 1.21. The van der Waals surface area contributed by atoms with Crippen molar-refractivity contribution in [3.63, 3.8) is 0 Å². The monoisotopic (exact) mass is 331 g/mol. The molecule has 2 amide bonds. The molecule has 1 atom stereocenters. The van der Waals surface area contributed by atoms with E-state index < -0.39 is 0 Å². The van der Waals surface area contributed by atoms with Gasteiger partial charge in [-0.05, 0) is 26.2 Å². The van der Waals surface area contributed by atoms with Crippen LogP contribution < -0.4 is 10.2 Å². The average Bonchev–Trinajstić information content (AvgIpc) is 3.12. The van der Waals surface area contributed by atoms with Crippen LogP contribution in [0.3, 0.4) is 0 Å². The SMILES string of the molecule is CC(CCn1nc(C2CC2)cc1N(C)C=O)NC(=O)c1ncn[nH]1. The first-order chi connectivity index (χ1) is 11.6. The van der Waals surface area contributed by atoms with Crippen molar-refractivity contribution in [1.29, 1.82) is 0 Å². The number of hydrogen-bond donors (Lipinski definition) is 2. The van der Waals surface area contributed by atoms with Crippen molar-refractivity contribution < 1.29 is 9.59 Å². The fourth-order valence-electron chi connectivity index (χ4n) is 2.50. The molecule has 2 aromatic rings. The molecular weight excluding hydrogens is 310 g/mol. The van der Waals surface area contributed by atoms with Gasteiger partial charge in [0.15, 0.2) is 0 Å². The van der Waals surface area contributed by atoms with Gasteiger partial charge in [0, 0.05) is 31.6 Å². The maximum Gasteiger partial charge on any atom is 0.288 e. The minimum atomic E-state index is -0.288. The van der Waals surface area contributed by atoms with Crippen LogP contribution in [0, 0.1) is 0 Å². The smallest absolute Gasteiger partial charge is 0.288 e. The number of carbonyl (C=O) groups is 2. The zero-order valence-corrected chi connectivity index (χ0v) is 13.8. The van der Waals surface area contributed by atoms with Crippen LogP contribution in [-0.4, -0.2) is 50.4 Å². The third-order valence-corrected chi connectivity index (χ3v) is 4.07. The molecule has 1 aliphatic rings. The molecule has 24 heavy (non-hydrogen) atoms. The number of anilines is 1. The molecule has 128 valence electrons. The van der Waals surface area contributed by atoms with Crippen LogP contribution in [0.15, 0.2) is 12.4 Å². The summed E-state index contributed by atoms with van der Waals surface area (Å²) in [5.41, 5.74) is 1.04. The van der Waals surface area contributed by atoms with E-state index in [9.17, 15) is 9.59 Å². The molecule has 9 nitrogen and oxygen atoms in total. The molecular formula is C15H21N7O2. The largest absolute Gasteiger partial charge is 0.347 e. The quantitative estimate of drug-likeness (QED) is 0.691. The Kier molecular flexibility index (Phi) is 4.59. The maximum absolute atomic E-state index is 11.9. The molecule has 1 unspecified atom stereocenters. The number of aryl methyl sites for hydroxylation is 1. The van der Waals surface area contributed by atoms with Crippen molar-refractivity contribution in [3.8, 4) is 0 Å². The third-order valence-electron chi connectivity index (χ3n) is 4.07. The van der Waals surface area contributed by atoms with Gasteiger partial charge in [-0.3, -0.25) is 14.7 Å². The van der Waals surface area contributed by atoms with Crippen LogP contribution >= 0.6 is 0 Å². The topological polar surface area (TPSA) is 109 Å². The highest BCUT2D eigenvalue weighted by molar-refractivity contribution is 5.90. The van der Waals surface area contributed by atoms with E-state index in [4.69, 9.17) is 0 Å². The van der Waals surface area contributed by atoms with Crippen LogP contribution in [0.2, 0.25) is 0 Å². The highest BCUT2D eigenvalue weighted by atomic mass is 16.2. The summed E-state index contributed by atoms with van der Waals surface area (Å²) in [6.45, 7) is 2.53. The van der Waals surface area contributed by atoms with E-state index in [1.807, 2.05) is 17.7 Å². The first-order valence-corrected chi connectivity index (χ1v) is 8.00. The minimum absolute atomic E-state index is 0.0643. The number of aromatic amines is 1. The lowest BCUT2D eigenvalue weighted by molar-refractivity contribution is -0.107. The van der Waals surface area contributed by atoms with Gasteiger partial charge in [0.1, 0.15) is 12.1 Å². The fourth-order valence-corrected chi connectivity index (χ4v) is 2.50. The van der Waals surface area contributed by atoms with Gasteiger partial charge in [-0.25, -0.2) is 9.67 Å². The van der Waals surface area contributed by atoms with Crippen LogP contribution in [0.5, 0.6) is 0 Å². The molecule has 9 heteroatoms. The van der Waals surface area contributed by atoms with Crippen molar-refractivity contribution >= 4 is 18.1 Å². The molecule has 2 N–H and O–H groups in total. The zero-order valence-electron chi connectivity index (χ0n) is 13.8. The van der Waals surface area contributed by atoms with Crippen molar-refractivity contribution in [2.75, 3.05) is 11.9 Å². The molecule has 0 radical (unpaired) electrons. The molecule has 1 aliphatic carbocycles. The fraction of sp³-hybridized carbons (Fsp3) is 0.533. The Balaban J connectivity index is 1.60. The van der Waals surface area contributed by atoms with Gasteiger partial charge in [-0.2, -0.15) is 10.2 Å². The van der Waals surface area contributed by atoms with E-state index in [0.29, 0.717) is 18.9 Å². The Morgan fingerprint density at radius 2 is 2.38 bits per heavy atom. The minimum Gasteiger partial charge on any atom is -0.347 e. The van der Waals surface area contributed by atoms with E-state index in [2.05, 4.69) is 25.6 Å². The molecule has 2 aromatic heterocycles. The summed E-state index contributed by atoms with van der Waals surface area (Å²) >= 11 is 0. The van der Waals surface area contributed by atoms with Crippen LogP contribution in [0.1, 0.15) is 48.4 Å². The molecule has 0 saturated heterocycles. The molecule has 3 rings (SSSR count). The molecule has 0 bridgehead atoms. The second-order valence-electron chi connectivity index (χ2n) is 6.14. The van der Waals surface area contributed by atoms with Gasteiger partial charge in [0.2, 0.25) is 12.2 Å². The zero-order chi connectivity index (χ0) is 17.1. The summed E-state index contributed by atoms with van der Waals surface area (Å²) in [7, 11) is 1.71. The Morgan fingerprint density at radius 3 is 3.00 bits per heavy atom. The van der Waals surface area contributed by atoms with Crippen LogP contribution in [-0.2, 0) is 11.3 Å². The lowest BCUT2D eigenvalue weighted by atomic mass is 10.2. The summed E-state index contributed by atoms with van der Waals surface area (Å²) in [5, 5.41) is 13.7. The van der Waals surface area contributed by atoms with Gasteiger partial charge in [-0.1, -0.05) is 0 Å². The number of aromatic nitrogens is 5. The first kappa shape index (κ1) is 16.2. The Bertz CT molecular complexity index is 705. The number of nitrogens with zero attached hydrogens (tertiary/aromatic N) is 5. The molecule has 0 aromatic carbocycles. The van der Waals surface area contributed by atoms with E-state index in [1.165, 1.54) is 11.2 Å². The van der Waals surface area contributed by atoms with E-state index in [-0.39, 0.29) is 17.8 Å². The second-order valence-corrected chi connectivity index (χ2v) is 6.14. The van der Waals surface area contributed by atoms with Crippen molar-refractivity contribution in [1.82, 2.24) is 30.3 Å². The highest BCUT2D eigenvalue weighted by Crippen LogP contribution is 2.40. The standard InChI is InChI=1S/C15H21N7O2/c1-10(18-15(24)14-16-8-17-19-14)5-6-22-13(21(2)9-23)7-12(20-22)11-3-4-11/h7-11H,3-6H2,1-2H3,(H,18,24)(H,16,17,19). The van der Waals surface area contributed by atoms with Gasteiger partial charge in [0.25, 0.3) is 5.91 Å². The molecule has 1 saturated carbocycles. The number of rotatable bonds is 8. The molecule has 2 heterocycles. The predicted octanol–water partition coefficient (Wildman–Crippen LogP) is 0.680. The van der Waals surface area contributed by atoms with Crippen molar-refractivity contribution in [2.24, 2.45) is 0 Å².